The van der Waals surface area contributed by atoms with Gasteiger partial charge in [0, 0.05) is 19.1 Å². The van der Waals surface area contributed by atoms with Crippen molar-refractivity contribution in [2.24, 2.45) is 0 Å². The average molecular weight is 278 g/mol. The molecule has 1 heterocycles. The van der Waals surface area contributed by atoms with Crippen LogP contribution >= 0.6 is 11.8 Å². The van der Waals surface area contributed by atoms with Crippen LogP contribution in [0.5, 0.6) is 0 Å². The molecule has 2 rings (SSSR count). The molecule has 104 valence electrons. The Bertz CT molecular complexity index is 448. The third kappa shape index (κ3) is 3.51. The van der Waals surface area contributed by atoms with Crippen molar-refractivity contribution in [3.05, 3.63) is 35.4 Å². The fraction of sp³-hybridized carbons (Fsp3) is 0.533. The number of amides is 1. The molecular weight excluding hydrogens is 256 g/mol. The van der Waals surface area contributed by atoms with Gasteiger partial charge >= 0.3 is 0 Å². The van der Waals surface area contributed by atoms with Crippen LogP contribution in [0.4, 0.5) is 0 Å². The molecule has 1 aliphatic rings. The lowest BCUT2D eigenvalue weighted by Gasteiger charge is -2.26. The number of benzene rings is 1. The molecule has 1 fully saturated rings. The number of nitrogens with zero attached hydrogens (tertiary/aromatic N) is 1. The minimum absolute atomic E-state index is 0.183. The Kier molecular flexibility index (Phi) is 4.88. The second kappa shape index (κ2) is 6.44. The van der Waals surface area contributed by atoms with Crippen LogP contribution in [-0.2, 0) is 4.79 Å². The maximum Gasteiger partial charge on any atom is 0.233 e. The number of rotatable bonds is 5. The standard InChI is InChI=1S/C15H22N2OS/c1-11(2)16-8-9-17-14(18)10-19-15(17)13-7-5-4-6-12(13)3/h4-7,11,15-16H,8-10H2,1-3H3/t15-/m0/s1. The fourth-order valence-corrected chi connectivity index (χ4v) is 3.60. The number of carbonyl (C=O) groups is 1. The Labute approximate surface area is 119 Å². The van der Waals surface area contributed by atoms with E-state index in [2.05, 4.69) is 44.3 Å². The molecule has 0 bridgehead atoms. The van der Waals surface area contributed by atoms with Gasteiger partial charge in [-0.1, -0.05) is 38.1 Å². The molecule has 4 heteroatoms. The molecule has 0 aromatic heterocycles. The van der Waals surface area contributed by atoms with Gasteiger partial charge in [0.2, 0.25) is 5.91 Å². The molecule has 1 amide bonds. The minimum atomic E-state index is 0.183. The van der Waals surface area contributed by atoms with Crippen LogP contribution in [-0.4, -0.2) is 35.7 Å². The number of aryl methyl sites for hydroxylation is 1. The Balaban J connectivity index is 2.07. The van der Waals surface area contributed by atoms with E-state index in [1.54, 1.807) is 11.8 Å². The second-order valence-corrected chi connectivity index (χ2v) is 6.28. The molecule has 1 saturated heterocycles. The highest BCUT2D eigenvalue weighted by Gasteiger charge is 2.32. The molecule has 1 atom stereocenters. The Morgan fingerprint density at radius 2 is 2.16 bits per heavy atom. The van der Waals surface area contributed by atoms with Crippen LogP contribution in [0.25, 0.3) is 0 Å². The zero-order chi connectivity index (χ0) is 13.8. The predicted molar refractivity (Wildman–Crippen MR) is 81.2 cm³/mol. The smallest absolute Gasteiger partial charge is 0.233 e. The summed E-state index contributed by atoms with van der Waals surface area (Å²) in [6, 6.07) is 8.81. The Hall–Kier alpha value is -1.00. The SMILES string of the molecule is Cc1ccccc1[C@@H]1SCC(=O)N1CCNC(C)C. The molecule has 0 aliphatic carbocycles. The number of carbonyl (C=O) groups excluding carboxylic acids is 1. The van der Waals surface area contributed by atoms with Crippen molar-refractivity contribution in [1.82, 2.24) is 10.2 Å². The van der Waals surface area contributed by atoms with Gasteiger partial charge in [0.05, 0.1) is 5.75 Å². The number of hydrogen-bond donors (Lipinski definition) is 1. The van der Waals surface area contributed by atoms with E-state index in [0.717, 1.165) is 13.1 Å². The summed E-state index contributed by atoms with van der Waals surface area (Å²) in [5.41, 5.74) is 2.53. The lowest BCUT2D eigenvalue weighted by Crippen LogP contribution is -2.37. The molecule has 19 heavy (non-hydrogen) atoms. The fourth-order valence-electron chi connectivity index (χ4n) is 2.29. The summed E-state index contributed by atoms with van der Waals surface area (Å²) in [5.74, 6) is 0.851. The summed E-state index contributed by atoms with van der Waals surface area (Å²) in [7, 11) is 0. The largest absolute Gasteiger partial charge is 0.325 e. The van der Waals surface area contributed by atoms with Gasteiger partial charge in [0.15, 0.2) is 0 Å². The molecule has 1 aromatic carbocycles. The molecule has 0 radical (unpaired) electrons. The summed E-state index contributed by atoms with van der Waals surface area (Å²) in [6.07, 6.45) is 0. The molecule has 0 saturated carbocycles. The van der Waals surface area contributed by atoms with Crippen molar-refractivity contribution < 1.29 is 4.79 Å². The van der Waals surface area contributed by atoms with Gasteiger partial charge in [0.1, 0.15) is 5.37 Å². The summed E-state index contributed by atoms with van der Waals surface area (Å²) in [5, 5.41) is 3.56. The van der Waals surface area contributed by atoms with Crippen molar-refractivity contribution in [3.63, 3.8) is 0 Å². The Morgan fingerprint density at radius 1 is 1.42 bits per heavy atom. The lowest BCUT2D eigenvalue weighted by molar-refractivity contribution is -0.128. The van der Waals surface area contributed by atoms with Crippen LogP contribution in [0.15, 0.2) is 24.3 Å². The van der Waals surface area contributed by atoms with E-state index < -0.39 is 0 Å². The number of nitrogens with one attached hydrogen (secondary N) is 1. The molecule has 1 N–H and O–H groups in total. The zero-order valence-corrected chi connectivity index (χ0v) is 12.7. The molecular formula is C15H22N2OS. The highest BCUT2D eigenvalue weighted by atomic mass is 32.2. The highest BCUT2D eigenvalue weighted by Crippen LogP contribution is 2.39. The van der Waals surface area contributed by atoms with Gasteiger partial charge in [-0.3, -0.25) is 4.79 Å². The van der Waals surface area contributed by atoms with Crippen LogP contribution in [0.3, 0.4) is 0 Å². The highest BCUT2D eigenvalue weighted by molar-refractivity contribution is 8.00. The molecule has 0 spiro atoms. The van der Waals surface area contributed by atoms with E-state index in [4.69, 9.17) is 0 Å². The van der Waals surface area contributed by atoms with E-state index in [1.807, 2.05) is 11.0 Å². The van der Waals surface area contributed by atoms with Gasteiger partial charge in [-0.15, -0.1) is 11.8 Å². The third-order valence-electron chi connectivity index (χ3n) is 3.33. The normalized spacial score (nSPS) is 19.5. The van der Waals surface area contributed by atoms with E-state index in [0.29, 0.717) is 11.8 Å². The van der Waals surface area contributed by atoms with E-state index in [-0.39, 0.29) is 11.3 Å². The summed E-state index contributed by atoms with van der Waals surface area (Å²) in [4.78, 5) is 14.0. The minimum Gasteiger partial charge on any atom is -0.325 e. The van der Waals surface area contributed by atoms with Crippen LogP contribution in [0.1, 0.15) is 30.3 Å². The summed E-state index contributed by atoms with van der Waals surface area (Å²) < 4.78 is 0. The van der Waals surface area contributed by atoms with Gasteiger partial charge in [-0.2, -0.15) is 0 Å². The topological polar surface area (TPSA) is 32.3 Å². The second-order valence-electron chi connectivity index (χ2n) is 5.22. The number of thioether (sulfide) groups is 1. The lowest BCUT2D eigenvalue weighted by atomic mass is 10.1. The van der Waals surface area contributed by atoms with Crippen LogP contribution in [0, 0.1) is 6.92 Å². The van der Waals surface area contributed by atoms with Gasteiger partial charge in [-0.05, 0) is 18.1 Å². The van der Waals surface area contributed by atoms with E-state index >= 15 is 0 Å². The molecule has 1 aliphatic heterocycles. The van der Waals surface area contributed by atoms with Crippen LogP contribution in [0.2, 0.25) is 0 Å². The predicted octanol–water partition coefficient (Wildman–Crippen LogP) is 2.57. The maximum atomic E-state index is 12.0. The van der Waals surface area contributed by atoms with Crippen LogP contribution < -0.4 is 5.32 Å². The van der Waals surface area contributed by atoms with E-state index in [9.17, 15) is 4.79 Å². The average Bonchev–Trinajstić information content (AvgIpc) is 2.72. The zero-order valence-electron chi connectivity index (χ0n) is 11.8. The molecule has 1 aromatic rings. The van der Waals surface area contributed by atoms with Crippen molar-refractivity contribution in [2.45, 2.75) is 32.2 Å². The van der Waals surface area contributed by atoms with Crippen molar-refractivity contribution >= 4 is 17.7 Å². The first-order chi connectivity index (χ1) is 9.09. The monoisotopic (exact) mass is 278 g/mol. The van der Waals surface area contributed by atoms with Gasteiger partial charge in [0.25, 0.3) is 0 Å². The molecule has 3 nitrogen and oxygen atoms in total. The van der Waals surface area contributed by atoms with Crippen molar-refractivity contribution in [3.8, 4) is 0 Å². The number of hydrogen-bond acceptors (Lipinski definition) is 3. The maximum absolute atomic E-state index is 12.0. The Morgan fingerprint density at radius 3 is 2.84 bits per heavy atom. The van der Waals surface area contributed by atoms with E-state index in [1.165, 1.54) is 11.1 Å². The quantitative estimate of drug-likeness (QED) is 0.898. The molecule has 0 unspecified atom stereocenters. The first-order valence-corrected chi connectivity index (χ1v) is 7.84. The summed E-state index contributed by atoms with van der Waals surface area (Å²) >= 11 is 1.73. The third-order valence-corrected chi connectivity index (χ3v) is 4.57. The van der Waals surface area contributed by atoms with Crippen molar-refractivity contribution in [1.29, 1.82) is 0 Å². The summed E-state index contributed by atoms with van der Waals surface area (Å²) in [6.45, 7) is 8.00. The van der Waals surface area contributed by atoms with Crippen molar-refractivity contribution in [2.75, 3.05) is 18.8 Å². The first kappa shape index (κ1) is 14.4. The first-order valence-electron chi connectivity index (χ1n) is 6.79. The van der Waals surface area contributed by atoms with Gasteiger partial charge < -0.3 is 10.2 Å². The van der Waals surface area contributed by atoms with Gasteiger partial charge in [-0.25, -0.2) is 0 Å².